The molecule has 0 fully saturated rings. The first-order valence-corrected chi connectivity index (χ1v) is 4.62. The Morgan fingerprint density at radius 1 is 1.36 bits per heavy atom. The summed E-state index contributed by atoms with van der Waals surface area (Å²) in [5.41, 5.74) is 2.38. The highest BCUT2D eigenvalue weighted by Gasteiger charge is 1.95. The van der Waals surface area contributed by atoms with Crippen molar-refractivity contribution in [3.63, 3.8) is 0 Å². The average Bonchev–Trinajstić information content (AvgIpc) is 2.71. The van der Waals surface area contributed by atoms with Gasteiger partial charge in [0.25, 0.3) is 0 Å². The highest BCUT2D eigenvalue weighted by atomic mass is 15.3. The Hall–Kier alpha value is -1.77. The van der Waals surface area contributed by atoms with Crippen LogP contribution in [0.15, 0.2) is 42.7 Å². The van der Waals surface area contributed by atoms with E-state index in [1.54, 1.807) is 6.20 Å². The summed E-state index contributed by atoms with van der Waals surface area (Å²) in [6, 6.07) is 10.3. The monoisotopic (exact) mass is 187 g/mol. The summed E-state index contributed by atoms with van der Waals surface area (Å²) in [5, 5.41) is 7.28. The van der Waals surface area contributed by atoms with Crippen LogP contribution in [0.3, 0.4) is 0 Å². The molecular weight excluding hydrogens is 174 g/mol. The van der Waals surface area contributed by atoms with Gasteiger partial charge in [0.2, 0.25) is 0 Å². The Kier molecular flexibility index (Phi) is 2.49. The zero-order valence-corrected chi connectivity index (χ0v) is 8.14. The fourth-order valence-electron chi connectivity index (χ4n) is 1.41. The number of nitrogens with zero attached hydrogens (tertiary/aromatic N) is 2. The summed E-state index contributed by atoms with van der Waals surface area (Å²) in [5.74, 6) is 0. The van der Waals surface area contributed by atoms with Crippen molar-refractivity contribution in [2.24, 2.45) is 0 Å². The summed E-state index contributed by atoms with van der Waals surface area (Å²) in [6.45, 7) is 0.822. The smallest absolute Gasteiger partial charge is 0.0660 e. The van der Waals surface area contributed by atoms with Gasteiger partial charge >= 0.3 is 0 Å². The van der Waals surface area contributed by atoms with Crippen molar-refractivity contribution in [1.29, 1.82) is 0 Å². The molecule has 0 aliphatic heterocycles. The van der Waals surface area contributed by atoms with Crippen LogP contribution in [0.5, 0.6) is 0 Å². The predicted octanol–water partition coefficient (Wildman–Crippen LogP) is 1.97. The fraction of sp³-hybridized carbons (Fsp3) is 0.182. The molecule has 0 amide bonds. The average molecular weight is 187 g/mol. The van der Waals surface area contributed by atoms with E-state index in [2.05, 4.69) is 22.5 Å². The summed E-state index contributed by atoms with van der Waals surface area (Å²) < 4.78 is 1.91. The first-order chi connectivity index (χ1) is 6.88. The van der Waals surface area contributed by atoms with Crippen LogP contribution in [0.1, 0.15) is 5.56 Å². The Morgan fingerprint density at radius 2 is 2.29 bits per heavy atom. The molecule has 1 N–H and O–H groups in total. The lowest BCUT2D eigenvalue weighted by molar-refractivity contribution is 0.687. The van der Waals surface area contributed by atoms with Gasteiger partial charge in [-0.3, -0.25) is 4.68 Å². The number of rotatable bonds is 3. The van der Waals surface area contributed by atoms with E-state index in [-0.39, 0.29) is 0 Å². The Labute approximate surface area is 83.4 Å². The van der Waals surface area contributed by atoms with E-state index in [1.807, 2.05) is 36.1 Å². The highest BCUT2D eigenvalue weighted by Crippen LogP contribution is 2.10. The molecule has 2 rings (SSSR count). The molecule has 0 atom stereocenters. The second-order valence-corrected chi connectivity index (χ2v) is 3.15. The SMILES string of the molecule is CNc1cccc(Cn2cccn2)c1. The second kappa shape index (κ2) is 3.96. The number of aromatic nitrogens is 2. The van der Waals surface area contributed by atoms with Gasteiger partial charge in [-0.15, -0.1) is 0 Å². The number of benzene rings is 1. The van der Waals surface area contributed by atoms with Crippen LogP contribution in [-0.4, -0.2) is 16.8 Å². The first kappa shape index (κ1) is 8.81. The first-order valence-electron chi connectivity index (χ1n) is 4.62. The summed E-state index contributed by atoms with van der Waals surface area (Å²) >= 11 is 0. The Bertz CT molecular complexity index is 393. The molecule has 0 unspecified atom stereocenters. The van der Waals surface area contributed by atoms with Gasteiger partial charge in [-0.25, -0.2) is 0 Å². The Balaban J connectivity index is 2.17. The largest absolute Gasteiger partial charge is 0.388 e. The molecule has 0 aliphatic rings. The minimum atomic E-state index is 0.822. The van der Waals surface area contributed by atoms with Crippen molar-refractivity contribution in [2.45, 2.75) is 6.54 Å². The van der Waals surface area contributed by atoms with Crippen molar-refractivity contribution >= 4 is 5.69 Å². The summed E-state index contributed by atoms with van der Waals surface area (Å²) in [4.78, 5) is 0. The molecule has 72 valence electrons. The minimum absolute atomic E-state index is 0.822. The van der Waals surface area contributed by atoms with Crippen molar-refractivity contribution in [3.05, 3.63) is 48.3 Å². The van der Waals surface area contributed by atoms with Gasteiger partial charge in [-0.1, -0.05) is 12.1 Å². The van der Waals surface area contributed by atoms with Crippen LogP contribution in [0.25, 0.3) is 0 Å². The van der Waals surface area contributed by atoms with Gasteiger partial charge in [-0.05, 0) is 23.8 Å². The van der Waals surface area contributed by atoms with E-state index in [9.17, 15) is 0 Å². The van der Waals surface area contributed by atoms with Crippen LogP contribution in [0, 0.1) is 0 Å². The van der Waals surface area contributed by atoms with E-state index in [0.717, 1.165) is 12.2 Å². The fourth-order valence-corrected chi connectivity index (χ4v) is 1.41. The zero-order valence-electron chi connectivity index (χ0n) is 8.14. The molecule has 14 heavy (non-hydrogen) atoms. The molecule has 1 aromatic heterocycles. The van der Waals surface area contributed by atoms with Crippen LogP contribution < -0.4 is 5.32 Å². The lowest BCUT2D eigenvalue weighted by atomic mass is 10.2. The van der Waals surface area contributed by atoms with Crippen LogP contribution in [-0.2, 0) is 6.54 Å². The van der Waals surface area contributed by atoms with Crippen molar-refractivity contribution in [1.82, 2.24) is 9.78 Å². The van der Waals surface area contributed by atoms with Gasteiger partial charge in [0.15, 0.2) is 0 Å². The van der Waals surface area contributed by atoms with E-state index in [1.165, 1.54) is 5.56 Å². The molecule has 0 saturated carbocycles. The van der Waals surface area contributed by atoms with Crippen LogP contribution in [0.2, 0.25) is 0 Å². The Morgan fingerprint density at radius 3 is 3.00 bits per heavy atom. The predicted molar refractivity (Wildman–Crippen MR) is 57.3 cm³/mol. The van der Waals surface area contributed by atoms with Gasteiger partial charge in [-0.2, -0.15) is 5.10 Å². The second-order valence-electron chi connectivity index (χ2n) is 3.15. The van der Waals surface area contributed by atoms with Gasteiger partial charge < -0.3 is 5.32 Å². The van der Waals surface area contributed by atoms with Gasteiger partial charge in [0, 0.05) is 25.1 Å². The quantitative estimate of drug-likeness (QED) is 0.796. The lowest BCUT2D eigenvalue weighted by Crippen LogP contribution is -2.00. The number of hydrogen-bond donors (Lipinski definition) is 1. The number of anilines is 1. The maximum absolute atomic E-state index is 4.16. The molecule has 1 heterocycles. The van der Waals surface area contributed by atoms with Crippen LogP contribution >= 0.6 is 0 Å². The maximum Gasteiger partial charge on any atom is 0.0660 e. The third-order valence-electron chi connectivity index (χ3n) is 2.12. The van der Waals surface area contributed by atoms with E-state index in [4.69, 9.17) is 0 Å². The molecule has 0 saturated heterocycles. The standard InChI is InChI=1S/C11H13N3/c1-12-11-5-2-4-10(8-11)9-14-7-3-6-13-14/h2-8,12H,9H2,1H3. The molecule has 3 nitrogen and oxygen atoms in total. The molecule has 2 aromatic rings. The molecule has 3 heteroatoms. The van der Waals surface area contributed by atoms with Crippen molar-refractivity contribution < 1.29 is 0 Å². The molecule has 1 aromatic carbocycles. The molecule has 0 bridgehead atoms. The van der Waals surface area contributed by atoms with E-state index < -0.39 is 0 Å². The lowest BCUT2D eigenvalue weighted by Gasteiger charge is -2.04. The van der Waals surface area contributed by atoms with Crippen molar-refractivity contribution in [3.8, 4) is 0 Å². The van der Waals surface area contributed by atoms with Crippen molar-refractivity contribution in [2.75, 3.05) is 12.4 Å². The topological polar surface area (TPSA) is 29.9 Å². The summed E-state index contributed by atoms with van der Waals surface area (Å²) in [7, 11) is 1.92. The molecule has 0 radical (unpaired) electrons. The van der Waals surface area contributed by atoms with Gasteiger partial charge in [0.05, 0.1) is 6.54 Å². The zero-order chi connectivity index (χ0) is 9.80. The van der Waals surface area contributed by atoms with Gasteiger partial charge in [0.1, 0.15) is 0 Å². The normalized spacial score (nSPS) is 10.1. The number of nitrogens with one attached hydrogen (secondary N) is 1. The molecule has 0 spiro atoms. The third-order valence-corrected chi connectivity index (χ3v) is 2.12. The molecule has 0 aliphatic carbocycles. The number of hydrogen-bond acceptors (Lipinski definition) is 2. The van der Waals surface area contributed by atoms with E-state index >= 15 is 0 Å². The third kappa shape index (κ3) is 1.93. The minimum Gasteiger partial charge on any atom is -0.388 e. The molecular formula is C11H13N3. The highest BCUT2D eigenvalue weighted by molar-refractivity contribution is 5.44. The van der Waals surface area contributed by atoms with E-state index in [0.29, 0.717) is 0 Å². The van der Waals surface area contributed by atoms with Crippen LogP contribution in [0.4, 0.5) is 5.69 Å². The summed E-state index contributed by atoms with van der Waals surface area (Å²) in [6.07, 6.45) is 3.76. The maximum atomic E-state index is 4.16.